The molecule has 0 aromatic rings. The lowest BCUT2D eigenvalue weighted by Gasteiger charge is -2.12. The molecular formula is C13H24O. The molecule has 1 atom stereocenters. The summed E-state index contributed by atoms with van der Waals surface area (Å²) < 4.78 is 0. The minimum absolute atomic E-state index is 0.741. The molecular weight excluding hydrogens is 172 g/mol. The first-order chi connectivity index (χ1) is 6.85. The van der Waals surface area contributed by atoms with Gasteiger partial charge in [0.05, 0.1) is 0 Å². The van der Waals surface area contributed by atoms with Crippen molar-refractivity contribution < 1.29 is 4.79 Å². The van der Waals surface area contributed by atoms with E-state index in [-0.39, 0.29) is 0 Å². The lowest BCUT2D eigenvalue weighted by Crippen LogP contribution is -1.98. The van der Waals surface area contributed by atoms with Crippen LogP contribution in [-0.2, 0) is 4.79 Å². The molecule has 0 N–H and O–H groups in total. The largest absolute Gasteiger partial charge is 0.303 e. The van der Waals surface area contributed by atoms with Gasteiger partial charge in [0.25, 0.3) is 0 Å². The maximum Gasteiger partial charge on any atom is 0.119 e. The van der Waals surface area contributed by atoms with Crippen molar-refractivity contribution in [1.82, 2.24) is 0 Å². The van der Waals surface area contributed by atoms with Crippen molar-refractivity contribution in [1.29, 1.82) is 0 Å². The Morgan fingerprint density at radius 2 is 1.79 bits per heavy atom. The average molecular weight is 196 g/mol. The second kappa shape index (κ2) is 10.5. The van der Waals surface area contributed by atoms with Crippen molar-refractivity contribution in [3.63, 3.8) is 0 Å². The number of unbranched alkanes of at least 4 members (excludes halogenated alkanes) is 2. The molecule has 14 heavy (non-hydrogen) atoms. The minimum atomic E-state index is 0.741. The Hall–Kier alpha value is -0.590. The second-order valence-electron chi connectivity index (χ2n) is 3.87. The van der Waals surface area contributed by atoms with Gasteiger partial charge in [-0.1, -0.05) is 38.3 Å². The molecule has 0 aliphatic carbocycles. The third-order valence-corrected chi connectivity index (χ3v) is 2.73. The molecule has 0 aromatic carbocycles. The predicted molar refractivity (Wildman–Crippen MR) is 62.4 cm³/mol. The Morgan fingerprint density at radius 3 is 2.29 bits per heavy atom. The van der Waals surface area contributed by atoms with Crippen molar-refractivity contribution in [3.05, 3.63) is 12.2 Å². The van der Waals surface area contributed by atoms with Gasteiger partial charge in [0.1, 0.15) is 6.29 Å². The molecule has 0 aromatic heterocycles. The maximum atomic E-state index is 10.2. The first-order valence-electron chi connectivity index (χ1n) is 5.89. The van der Waals surface area contributed by atoms with Gasteiger partial charge < -0.3 is 4.79 Å². The van der Waals surface area contributed by atoms with Crippen molar-refractivity contribution in [2.45, 2.75) is 58.8 Å². The van der Waals surface area contributed by atoms with Crippen LogP contribution in [0.2, 0.25) is 0 Å². The maximum absolute atomic E-state index is 10.2. The van der Waals surface area contributed by atoms with Crippen LogP contribution in [0, 0.1) is 5.92 Å². The van der Waals surface area contributed by atoms with Crippen LogP contribution in [-0.4, -0.2) is 6.29 Å². The zero-order valence-corrected chi connectivity index (χ0v) is 9.67. The topological polar surface area (TPSA) is 17.1 Å². The molecule has 1 unspecified atom stereocenters. The van der Waals surface area contributed by atoms with Crippen LogP contribution in [0.15, 0.2) is 12.2 Å². The lowest BCUT2D eigenvalue weighted by molar-refractivity contribution is -0.108. The van der Waals surface area contributed by atoms with Gasteiger partial charge in [0.15, 0.2) is 0 Å². The van der Waals surface area contributed by atoms with Crippen molar-refractivity contribution in [2.24, 2.45) is 5.92 Å². The molecule has 0 aliphatic rings. The van der Waals surface area contributed by atoms with E-state index in [2.05, 4.69) is 26.0 Å². The van der Waals surface area contributed by atoms with Gasteiger partial charge in [-0.25, -0.2) is 0 Å². The summed E-state index contributed by atoms with van der Waals surface area (Å²) in [7, 11) is 0. The first-order valence-corrected chi connectivity index (χ1v) is 5.89. The Kier molecular flexibility index (Phi) is 10.0. The monoisotopic (exact) mass is 196 g/mol. The van der Waals surface area contributed by atoms with Crippen LogP contribution in [0.1, 0.15) is 58.8 Å². The van der Waals surface area contributed by atoms with Gasteiger partial charge >= 0.3 is 0 Å². The van der Waals surface area contributed by atoms with Crippen LogP contribution < -0.4 is 0 Å². The zero-order chi connectivity index (χ0) is 10.6. The molecule has 0 fully saturated rings. The highest BCUT2D eigenvalue weighted by Gasteiger charge is 2.04. The van der Waals surface area contributed by atoms with E-state index < -0.39 is 0 Å². The number of carbonyl (C=O) groups excluding carboxylic acids is 1. The molecule has 0 amide bonds. The number of hydrogen-bond acceptors (Lipinski definition) is 1. The van der Waals surface area contributed by atoms with Crippen LogP contribution in [0.25, 0.3) is 0 Å². The number of hydrogen-bond donors (Lipinski definition) is 0. The molecule has 0 radical (unpaired) electrons. The van der Waals surface area contributed by atoms with E-state index in [4.69, 9.17) is 0 Å². The van der Waals surface area contributed by atoms with E-state index in [0.29, 0.717) is 0 Å². The molecule has 1 heteroatoms. The molecule has 0 bridgehead atoms. The second-order valence-corrected chi connectivity index (χ2v) is 3.87. The van der Waals surface area contributed by atoms with E-state index in [1.54, 1.807) is 0 Å². The highest BCUT2D eigenvalue weighted by atomic mass is 16.1. The predicted octanol–water partition coefficient (Wildman–Crippen LogP) is 4.13. The molecule has 0 saturated carbocycles. The normalized spacial score (nSPS) is 13.3. The van der Waals surface area contributed by atoms with Crippen molar-refractivity contribution in [3.8, 4) is 0 Å². The number of rotatable bonds is 9. The summed E-state index contributed by atoms with van der Waals surface area (Å²) in [5.74, 6) is 0.834. The van der Waals surface area contributed by atoms with Crippen LogP contribution in [0.5, 0.6) is 0 Å². The summed E-state index contributed by atoms with van der Waals surface area (Å²) in [6, 6.07) is 0. The van der Waals surface area contributed by atoms with Crippen LogP contribution in [0.3, 0.4) is 0 Å². The fourth-order valence-electron chi connectivity index (χ4n) is 1.73. The van der Waals surface area contributed by atoms with Crippen LogP contribution in [0.4, 0.5) is 0 Å². The highest BCUT2D eigenvalue weighted by Crippen LogP contribution is 2.19. The van der Waals surface area contributed by atoms with Gasteiger partial charge in [0.2, 0.25) is 0 Å². The van der Waals surface area contributed by atoms with Gasteiger partial charge in [-0.3, -0.25) is 0 Å². The standard InChI is InChI=1S/C13H24O/c1-3-5-6-7-10-13(4-2)11-8-9-12-14/h3,5,12-13H,4,6-11H2,1-2H3. The summed E-state index contributed by atoms with van der Waals surface area (Å²) in [6.45, 7) is 4.32. The van der Waals surface area contributed by atoms with E-state index in [1.165, 1.54) is 32.1 Å². The van der Waals surface area contributed by atoms with Gasteiger partial charge in [-0.15, -0.1) is 0 Å². The molecule has 0 rings (SSSR count). The van der Waals surface area contributed by atoms with Crippen LogP contribution >= 0.6 is 0 Å². The minimum Gasteiger partial charge on any atom is -0.303 e. The van der Waals surface area contributed by atoms with Gasteiger partial charge in [0, 0.05) is 6.42 Å². The summed E-state index contributed by atoms with van der Waals surface area (Å²) in [5, 5.41) is 0. The Balaban J connectivity index is 3.42. The van der Waals surface area contributed by atoms with E-state index >= 15 is 0 Å². The molecule has 0 spiro atoms. The highest BCUT2D eigenvalue weighted by molar-refractivity contribution is 5.48. The summed E-state index contributed by atoms with van der Waals surface area (Å²) in [6.07, 6.45) is 13.5. The Bertz CT molecular complexity index is 149. The Labute approximate surface area is 88.6 Å². The number of allylic oxidation sites excluding steroid dienone is 2. The lowest BCUT2D eigenvalue weighted by atomic mass is 9.93. The van der Waals surface area contributed by atoms with E-state index in [1.807, 2.05) is 0 Å². The smallest absolute Gasteiger partial charge is 0.119 e. The molecule has 1 nitrogen and oxygen atoms in total. The quantitative estimate of drug-likeness (QED) is 0.308. The summed E-state index contributed by atoms with van der Waals surface area (Å²) in [4.78, 5) is 10.2. The first kappa shape index (κ1) is 13.4. The van der Waals surface area contributed by atoms with Gasteiger partial charge in [-0.2, -0.15) is 0 Å². The summed E-state index contributed by atoms with van der Waals surface area (Å²) >= 11 is 0. The van der Waals surface area contributed by atoms with E-state index in [0.717, 1.165) is 25.0 Å². The van der Waals surface area contributed by atoms with Crippen molar-refractivity contribution in [2.75, 3.05) is 0 Å². The number of aldehydes is 1. The third-order valence-electron chi connectivity index (χ3n) is 2.73. The SMILES string of the molecule is CC=CCCCC(CC)CCCC=O. The Morgan fingerprint density at radius 1 is 1.14 bits per heavy atom. The average Bonchev–Trinajstić information content (AvgIpc) is 2.22. The zero-order valence-electron chi connectivity index (χ0n) is 9.67. The van der Waals surface area contributed by atoms with E-state index in [9.17, 15) is 4.79 Å². The molecule has 0 heterocycles. The molecule has 0 aliphatic heterocycles. The third kappa shape index (κ3) is 8.03. The number of carbonyl (C=O) groups is 1. The molecule has 82 valence electrons. The summed E-state index contributed by atoms with van der Waals surface area (Å²) in [5.41, 5.74) is 0. The fraction of sp³-hybridized carbons (Fsp3) is 0.769. The van der Waals surface area contributed by atoms with Crippen molar-refractivity contribution >= 4 is 6.29 Å². The fourth-order valence-corrected chi connectivity index (χ4v) is 1.73. The molecule has 0 saturated heterocycles. The van der Waals surface area contributed by atoms with Gasteiger partial charge in [-0.05, 0) is 32.1 Å².